The van der Waals surface area contributed by atoms with Crippen molar-refractivity contribution >= 4 is 61.9 Å². The van der Waals surface area contributed by atoms with E-state index in [9.17, 15) is 22.8 Å². The first-order chi connectivity index (χ1) is 14.7. The number of hydrogen-bond acceptors (Lipinski definition) is 9. The van der Waals surface area contributed by atoms with Gasteiger partial charge in [0.1, 0.15) is 17.6 Å². The summed E-state index contributed by atoms with van der Waals surface area (Å²) in [6, 6.07) is 10.5. The van der Waals surface area contributed by atoms with Crippen LogP contribution in [0.2, 0.25) is 0 Å². The van der Waals surface area contributed by atoms with Crippen LogP contribution in [0.5, 0.6) is 0 Å². The van der Waals surface area contributed by atoms with Crippen LogP contribution in [-0.4, -0.2) is 48.1 Å². The van der Waals surface area contributed by atoms with Crippen molar-refractivity contribution in [3.8, 4) is 0 Å². The summed E-state index contributed by atoms with van der Waals surface area (Å²) in [5.41, 5.74) is 2.00. The molecule has 0 aliphatic rings. The Bertz CT molecular complexity index is 1220. The molecule has 11 nitrogen and oxygen atoms in total. The number of aromatic nitrogens is 2. The van der Waals surface area contributed by atoms with Crippen LogP contribution in [0.25, 0.3) is 11.0 Å². The van der Waals surface area contributed by atoms with Crippen molar-refractivity contribution < 1.29 is 27.5 Å². The highest BCUT2D eigenvalue weighted by molar-refractivity contribution is 7.89. The van der Waals surface area contributed by atoms with Gasteiger partial charge in [-0.3, -0.25) is 14.4 Å². The van der Waals surface area contributed by atoms with Crippen molar-refractivity contribution in [3.05, 3.63) is 42.5 Å². The molecule has 13 heteroatoms. The quantitative estimate of drug-likeness (QED) is 0.419. The molecule has 0 aliphatic carbocycles. The Balaban J connectivity index is 1.48. The van der Waals surface area contributed by atoms with Crippen LogP contribution in [0.3, 0.4) is 0 Å². The molecule has 0 fully saturated rings. The number of anilines is 2. The minimum Gasteiger partial charge on any atom is -0.455 e. The molecule has 0 atom stereocenters. The third-order valence-electron chi connectivity index (χ3n) is 3.82. The molecule has 1 heterocycles. The van der Waals surface area contributed by atoms with Gasteiger partial charge in [0.15, 0.2) is 6.61 Å². The van der Waals surface area contributed by atoms with E-state index in [1.54, 1.807) is 18.2 Å². The van der Waals surface area contributed by atoms with Gasteiger partial charge < -0.3 is 15.4 Å². The molecule has 1 aromatic heterocycles. The molecule has 31 heavy (non-hydrogen) atoms. The molecular formula is C18H17N5O6S2. The second-order valence-corrected chi connectivity index (χ2v) is 8.47. The van der Waals surface area contributed by atoms with E-state index in [1.807, 2.05) is 0 Å². The number of amides is 2. The van der Waals surface area contributed by atoms with Crippen LogP contribution in [0.4, 0.5) is 11.4 Å². The first kappa shape index (κ1) is 22.3. The third-order valence-corrected chi connectivity index (χ3v) is 5.78. The number of esters is 1. The standard InChI is InChI=1S/C18H17N5O6S2/c1-11(24)20-12-5-7-13(8-6-12)31(27,28)19-9-17(26)29-10-16(25)21-14-3-2-4-15-18(14)23-30-22-15/h2-8,19H,9-10H2,1H3,(H,20,24)(H,21,25). The molecule has 0 aliphatic heterocycles. The fourth-order valence-electron chi connectivity index (χ4n) is 2.45. The predicted molar refractivity (Wildman–Crippen MR) is 113 cm³/mol. The van der Waals surface area contributed by atoms with Crippen LogP contribution >= 0.6 is 11.7 Å². The van der Waals surface area contributed by atoms with Crippen molar-refractivity contribution in [2.24, 2.45) is 0 Å². The fraction of sp³-hybridized carbons (Fsp3) is 0.167. The number of ether oxygens (including phenoxy) is 1. The summed E-state index contributed by atoms with van der Waals surface area (Å²) in [5.74, 6) is -1.83. The summed E-state index contributed by atoms with van der Waals surface area (Å²) in [7, 11) is -3.98. The lowest BCUT2D eigenvalue weighted by Crippen LogP contribution is -2.32. The summed E-state index contributed by atoms with van der Waals surface area (Å²) in [6.07, 6.45) is 0. The highest BCUT2D eigenvalue weighted by Gasteiger charge is 2.17. The molecule has 3 N–H and O–H groups in total. The normalized spacial score (nSPS) is 11.1. The summed E-state index contributed by atoms with van der Waals surface area (Å²) < 4.78 is 39.5. The lowest BCUT2D eigenvalue weighted by molar-refractivity contribution is -0.146. The van der Waals surface area contributed by atoms with E-state index in [1.165, 1.54) is 31.2 Å². The Labute approximate surface area is 181 Å². The van der Waals surface area contributed by atoms with E-state index >= 15 is 0 Å². The average Bonchev–Trinajstić information content (AvgIpc) is 3.21. The summed E-state index contributed by atoms with van der Waals surface area (Å²) >= 11 is 1.00. The van der Waals surface area contributed by atoms with Crippen LogP contribution < -0.4 is 15.4 Å². The lowest BCUT2D eigenvalue weighted by Gasteiger charge is -2.09. The number of sulfonamides is 1. The molecular weight excluding hydrogens is 446 g/mol. The van der Waals surface area contributed by atoms with Gasteiger partial charge in [0.2, 0.25) is 15.9 Å². The van der Waals surface area contributed by atoms with Crippen molar-refractivity contribution in [2.75, 3.05) is 23.8 Å². The van der Waals surface area contributed by atoms with E-state index in [2.05, 4.69) is 24.1 Å². The van der Waals surface area contributed by atoms with Gasteiger partial charge in [0.05, 0.1) is 22.3 Å². The molecule has 0 saturated heterocycles. The van der Waals surface area contributed by atoms with Gasteiger partial charge in [-0.05, 0) is 36.4 Å². The minimum absolute atomic E-state index is 0.0999. The molecule has 0 radical (unpaired) electrons. The van der Waals surface area contributed by atoms with E-state index in [4.69, 9.17) is 4.74 Å². The Morgan fingerprint density at radius 2 is 1.77 bits per heavy atom. The van der Waals surface area contributed by atoms with Crippen molar-refractivity contribution in [1.29, 1.82) is 0 Å². The van der Waals surface area contributed by atoms with Gasteiger partial charge in [-0.2, -0.15) is 13.5 Å². The number of nitrogens with zero attached hydrogens (tertiary/aromatic N) is 2. The van der Waals surface area contributed by atoms with Crippen molar-refractivity contribution in [3.63, 3.8) is 0 Å². The second-order valence-electron chi connectivity index (χ2n) is 6.18. The summed E-state index contributed by atoms with van der Waals surface area (Å²) in [6.45, 7) is 0.0727. The molecule has 2 amide bonds. The molecule has 0 unspecified atom stereocenters. The maximum atomic E-state index is 12.3. The summed E-state index contributed by atoms with van der Waals surface area (Å²) in [4.78, 5) is 34.7. The molecule has 0 bridgehead atoms. The maximum absolute atomic E-state index is 12.3. The van der Waals surface area contributed by atoms with Crippen molar-refractivity contribution in [1.82, 2.24) is 13.5 Å². The smallest absolute Gasteiger partial charge is 0.321 e. The molecule has 162 valence electrons. The van der Waals surface area contributed by atoms with Crippen LogP contribution in [-0.2, 0) is 29.1 Å². The lowest BCUT2D eigenvalue weighted by atomic mass is 10.2. The molecule has 2 aromatic carbocycles. The van der Waals surface area contributed by atoms with Gasteiger partial charge in [-0.25, -0.2) is 8.42 Å². The number of benzene rings is 2. The number of carbonyl (C=O) groups excluding carboxylic acids is 3. The number of rotatable bonds is 8. The number of nitrogens with one attached hydrogen (secondary N) is 3. The zero-order valence-corrected chi connectivity index (χ0v) is 17.7. The number of carbonyl (C=O) groups is 3. The minimum atomic E-state index is -3.98. The van der Waals surface area contributed by atoms with Crippen LogP contribution in [0.1, 0.15) is 6.92 Å². The first-order valence-electron chi connectivity index (χ1n) is 8.79. The van der Waals surface area contributed by atoms with E-state index in [0.29, 0.717) is 22.4 Å². The van der Waals surface area contributed by atoms with E-state index < -0.39 is 35.1 Å². The predicted octanol–water partition coefficient (Wildman–Crippen LogP) is 1.11. The first-order valence-corrected chi connectivity index (χ1v) is 11.0. The average molecular weight is 463 g/mol. The number of fused-ring (bicyclic) bond motifs is 1. The summed E-state index contributed by atoms with van der Waals surface area (Å²) in [5, 5.41) is 5.08. The largest absolute Gasteiger partial charge is 0.455 e. The monoisotopic (exact) mass is 463 g/mol. The van der Waals surface area contributed by atoms with Gasteiger partial charge >= 0.3 is 5.97 Å². The molecule has 0 saturated carbocycles. The zero-order chi connectivity index (χ0) is 22.4. The fourth-order valence-corrected chi connectivity index (χ4v) is 3.97. The van der Waals surface area contributed by atoms with Gasteiger partial charge in [0, 0.05) is 12.6 Å². The topological polar surface area (TPSA) is 156 Å². The molecule has 3 rings (SSSR count). The molecule has 3 aromatic rings. The maximum Gasteiger partial charge on any atom is 0.321 e. The molecule has 0 spiro atoms. The number of hydrogen-bond donors (Lipinski definition) is 3. The highest BCUT2D eigenvalue weighted by atomic mass is 32.2. The Hall–Kier alpha value is -3.42. The Morgan fingerprint density at radius 3 is 2.48 bits per heavy atom. The van der Waals surface area contributed by atoms with Gasteiger partial charge in [0.25, 0.3) is 5.91 Å². The SMILES string of the molecule is CC(=O)Nc1ccc(S(=O)(=O)NCC(=O)OCC(=O)Nc2cccc3nsnc23)cc1. The van der Waals surface area contributed by atoms with Gasteiger partial charge in [-0.15, -0.1) is 0 Å². The third kappa shape index (κ3) is 6.04. The van der Waals surface area contributed by atoms with E-state index in [0.717, 1.165) is 11.7 Å². The van der Waals surface area contributed by atoms with Crippen LogP contribution in [0.15, 0.2) is 47.4 Å². The van der Waals surface area contributed by atoms with Crippen LogP contribution in [0, 0.1) is 0 Å². The second kappa shape index (κ2) is 9.59. The van der Waals surface area contributed by atoms with E-state index in [-0.39, 0.29) is 10.8 Å². The highest BCUT2D eigenvalue weighted by Crippen LogP contribution is 2.21. The van der Waals surface area contributed by atoms with Crippen molar-refractivity contribution in [2.45, 2.75) is 11.8 Å². The Morgan fingerprint density at radius 1 is 1.03 bits per heavy atom. The Kier molecular flexibility index (Phi) is 6.89. The zero-order valence-electron chi connectivity index (χ0n) is 16.1. The van der Waals surface area contributed by atoms with Gasteiger partial charge in [-0.1, -0.05) is 6.07 Å².